The summed E-state index contributed by atoms with van der Waals surface area (Å²) in [4.78, 5) is 37.2. The Labute approximate surface area is 129 Å². The molecule has 0 radical (unpaired) electrons. The van der Waals surface area contributed by atoms with Gasteiger partial charge in [-0.25, -0.2) is 4.79 Å². The van der Waals surface area contributed by atoms with Crippen LogP contribution >= 0.6 is 0 Å². The van der Waals surface area contributed by atoms with Gasteiger partial charge in [0.1, 0.15) is 5.60 Å². The van der Waals surface area contributed by atoms with Crippen LogP contribution in [0.25, 0.3) is 0 Å². The minimum atomic E-state index is -0.558. The standard InChI is InChI=1S/C15H23N3O4/c1-9-11(8-19)18-10(2)12(9)13(20)16-6-7-17-14(21)22-15(3,4)5/h8,18H,6-7H2,1-5H3,(H,16,20)(H,17,21). The van der Waals surface area contributed by atoms with Crippen LogP contribution in [0.15, 0.2) is 0 Å². The summed E-state index contributed by atoms with van der Waals surface area (Å²) in [5, 5.41) is 5.24. The zero-order valence-electron chi connectivity index (χ0n) is 13.6. The van der Waals surface area contributed by atoms with Crippen molar-refractivity contribution in [2.45, 2.75) is 40.2 Å². The lowest BCUT2D eigenvalue weighted by Gasteiger charge is -2.19. The van der Waals surface area contributed by atoms with Crippen molar-refractivity contribution in [1.29, 1.82) is 0 Å². The molecule has 0 spiro atoms. The number of aromatic amines is 1. The molecule has 7 heteroatoms. The number of aryl methyl sites for hydroxylation is 1. The molecule has 0 bridgehead atoms. The predicted octanol–water partition coefficient (Wildman–Crippen LogP) is 1.70. The number of H-pyrrole nitrogens is 1. The summed E-state index contributed by atoms with van der Waals surface area (Å²) in [6.07, 6.45) is 0.155. The van der Waals surface area contributed by atoms with E-state index in [4.69, 9.17) is 4.74 Å². The monoisotopic (exact) mass is 309 g/mol. The second-order valence-electron chi connectivity index (χ2n) is 5.97. The van der Waals surface area contributed by atoms with E-state index < -0.39 is 11.7 Å². The van der Waals surface area contributed by atoms with Gasteiger partial charge >= 0.3 is 6.09 Å². The van der Waals surface area contributed by atoms with Gasteiger partial charge in [-0.05, 0) is 40.2 Å². The highest BCUT2D eigenvalue weighted by Gasteiger charge is 2.18. The molecule has 1 heterocycles. The van der Waals surface area contributed by atoms with E-state index >= 15 is 0 Å². The molecule has 7 nitrogen and oxygen atoms in total. The lowest BCUT2D eigenvalue weighted by atomic mass is 10.1. The van der Waals surface area contributed by atoms with Gasteiger partial charge in [0.05, 0.1) is 11.3 Å². The molecule has 0 fully saturated rings. The van der Waals surface area contributed by atoms with E-state index in [-0.39, 0.29) is 19.0 Å². The van der Waals surface area contributed by atoms with Gasteiger partial charge in [-0.15, -0.1) is 0 Å². The number of rotatable bonds is 5. The van der Waals surface area contributed by atoms with Crippen LogP contribution in [0, 0.1) is 13.8 Å². The summed E-state index contributed by atoms with van der Waals surface area (Å²) < 4.78 is 5.08. The predicted molar refractivity (Wildman–Crippen MR) is 82.2 cm³/mol. The lowest BCUT2D eigenvalue weighted by Crippen LogP contribution is -2.38. The smallest absolute Gasteiger partial charge is 0.407 e. The molecule has 122 valence electrons. The Balaban J connectivity index is 2.46. The maximum Gasteiger partial charge on any atom is 0.407 e. The van der Waals surface area contributed by atoms with Gasteiger partial charge in [-0.2, -0.15) is 0 Å². The number of nitrogens with one attached hydrogen (secondary N) is 3. The number of aromatic nitrogens is 1. The molecule has 0 saturated heterocycles. The number of amides is 2. The SMILES string of the molecule is Cc1[nH]c(C=O)c(C)c1C(=O)NCCNC(=O)OC(C)(C)C. The van der Waals surface area contributed by atoms with Crippen molar-refractivity contribution in [3.8, 4) is 0 Å². The van der Waals surface area contributed by atoms with Crippen LogP contribution in [0.5, 0.6) is 0 Å². The number of aldehydes is 1. The molecule has 0 aliphatic heterocycles. The van der Waals surface area contributed by atoms with E-state index in [0.717, 1.165) is 0 Å². The first-order valence-electron chi connectivity index (χ1n) is 7.05. The van der Waals surface area contributed by atoms with Gasteiger partial charge in [0.2, 0.25) is 0 Å². The first-order valence-corrected chi connectivity index (χ1v) is 7.05. The first kappa shape index (κ1) is 17.7. The molecule has 1 rings (SSSR count). The van der Waals surface area contributed by atoms with Crippen molar-refractivity contribution in [1.82, 2.24) is 15.6 Å². The summed E-state index contributed by atoms with van der Waals surface area (Å²) >= 11 is 0. The highest BCUT2D eigenvalue weighted by molar-refractivity contribution is 5.99. The molecular weight excluding hydrogens is 286 g/mol. The highest BCUT2D eigenvalue weighted by atomic mass is 16.6. The van der Waals surface area contributed by atoms with E-state index in [1.54, 1.807) is 34.6 Å². The molecule has 0 aliphatic rings. The fraction of sp³-hybridized carbons (Fsp3) is 0.533. The second kappa shape index (κ2) is 7.11. The molecular formula is C15H23N3O4. The Kier molecular flexibility index (Phi) is 5.73. The van der Waals surface area contributed by atoms with E-state index in [1.165, 1.54) is 0 Å². The Morgan fingerprint density at radius 1 is 1.18 bits per heavy atom. The van der Waals surface area contributed by atoms with Crippen molar-refractivity contribution >= 4 is 18.3 Å². The number of carbonyl (C=O) groups excluding carboxylic acids is 3. The molecule has 3 N–H and O–H groups in total. The molecule has 0 aliphatic carbocycles. The van der Waals surface area contributed by atoms with Crippen LogP contribution in [0.4, 0.5) is 4.79 Å². The largest absolute Gasteiger partial charge is 0.444 e. The molecule has 0 unspecified atom stereocenters. The Morgan fingerprint density at radius 3 is 2.27 bits per heavy atom. The lowest BCUT2D eigenvalue weighted by molar-refractivity contribution is 0.0526. The Hall–Kier alpha value is -2.31. The highest BCUT2D eigenvalue weighted by Crippen LogP contribution is 2.16. The Bertz CT molecular complexity index is 570. The fourth-order valence-electron chi connectivity index (χ4n) is 1.98. The fourth-order valence-corrected chi connectivity index (χ4v) is 1.98. The topological polar surface area (TPSA) is 100 Å². The second-order valence-corrected chi connectivity index (χ2v) is 5.97. The maximum atomic E-state index is 12.1. The van der Waals surface area contributed by atoms with Gasteiger partial charge in [-0.1, -0.05) is 0 Å². The minimum Gasteiger partial charge on any atom is -0.444 e. The summed E-state index contributed by atoms with van der Waals surface area (Å²) in [7, 11) is 0. The van der Waals surface area contributed by atoms with E-state index in [1.807, 2.05) is 0 Å². The van der Waals surface area contributed by atoms with Crippen molar-refractivity contribution in [2.75, 3.05) is 13.1 Å². The molecule has 22 heavy (non-hydrogen) atoms. The van der Waals surface area contributed by atoms with Crippen LogP contribution < -0.4 is 10.6 Å². The number of hydrogen-bond acceptors (Lipinski definition) is 4. The van der Waals surface area contributed by atoms with Crippen LogP contribution in [0.3, 0.4) is 0 Å². The summed E-state index contributed by atoms with van der Waals surface area (Å²) in [5.74, 6) is -0.287. The van der Waals surface area contributed by atoms with Gasteiger partial charge in [0.25, 0.3) is 5.91 Å². The zero-order chi connectivity index (χ0) is 16.9. The number of carbonyl (C=O) groups is 3. The number of ether oxygens (including phenoxy) is 1. The van der Waals surface area contributed by atoms with Crippen molar-refractivity contribution < 1.29 is 19.1 Å². The van der Waals surface area contributed by atoms with Crippen LogP contribution in [0.1, 0.15) is 52.9 Å². The third kappa shape index (κ3) is 4.91. The first-order chi connectivity index (χ1) is 10.2. The van der Waals surface area contributed by atoms with Crippen molar-refractivity contribution in [3.05, 3.63) is 22.5 Å². The molecule has 2 amide bonds. The van der Waals surface area contributed by atoms with Gasteiger partial charge < -0.3 is 20.4 Å². The summed E-state index contributed by atoms with van der Waals surface area (Å²) in [6.45, 7) is 9.28. The van der Waals surface area contributed by atoms with E-state index in [0.29, 0.717) is 28.8 Å². The van der Waals surface area contributed by atoms with Gasteiger partial charge in [-0.3, -0.25) is 9.59 Å². The summed E-state index contributed by atoms with van der Waals surface area (Å²) in [5.41, 5.74) is 1.55. The van der Waals surface area contributed by atoms with Crippen molar-refractivity contribution in [2.24, 2.45) is 0 Å². The normalized spacial score (nSPS) is 11.0. The quantitative estimate of drug-likeness (QED) is 0.569. The minimum absolute atomic E-state index is 0.254. The summed E-state index contributed by atoms with van der Waals surface area (Å²) in [6, 6.07) is 0. The average molecular weight is 309 g/mol. The molecule has 0 saturated carbocycles. The van der Waals surface area contributed by atoms with Gasteiger partial charge in [0, 0.05) is 18.8 Å². The molecule has 1 aromatic heterocycles. The average Bonchev–Trinajstić information content (AvgIpc) is 2.67. The molecule has 0 atom stereocenters. The molecule has 0 aromatic carbocycles. The van der Waals surface area contributed by atoms with Crippen LogP contribution in [0.2, 0.25) is 0 Å². The van der Waals surface area contributed by atoms with Gasteiger partial charge in [0.15, 0.2) is 6.29 Å². The molecule has 1 aromatic rings. The third-order valence-electron chi connectivity index (χ3n) is 2.90. The van der Waals surface area contributed by atoms with Crippen molar-refractivity contribution in [3.63, 3.8) is 0 Å². The van der Waals surface area contributed by atoms with E-state index in [9.17, 15) is 14.4 Å². The van der Waals surface area contributed by atoms with E-state index in [2.05, 4.69) is 15.6 Å². The number of alkyl carbamates (subject to hydrolysis) is 1. The number of hydrogen-bond donors (Lipinski definition) is 3. The third-order valence-corrected chi connectivity index (χ3v) is 2.90. The maximum absolute atomic E-state index is 12.1. The van der Waals surface area contributed by atoms with Crippen LogP contribution in [-0.4, -0.2) is 42.0 Å². The zero-order valence-corrected chi connectivity index (χ0v) is 13.6. The Morgan fingerprint density at radius 2 is 1.77 bits per heavy atom. The van der Waals surface area contributed by atoms with Crippen LogP contribution in [-0.2, 0) is 4.74 Å².